The number of nitrogens with zero attached hydrogens (tertiary/aromatic N) is 5. The summed E-state index contributed by atoms with van der Waals surface area (Å²) in [4.78, 5) is 16.2. The van der Waals surface area contributed by atoms with Crippen LogP contribution < -0.4 is 0 Å². The van der Waals surface area contributed by atoms with Crippen LogP contribution in [-0.4, -0.2) is 37.6 Å². The first-order valence-electron chi connectivity index (χ1n) is 10.2. The molecule has 0 N–H and O–H groups in total. The van der Waals surface area contributed by atoms with E-state index in [1.54, 1.807) is 16.4 Å². The summed E-state index contributed by atoms with van der Waals surface area (Å²) < 4.78 is 1.74. The molecular formula is C24H21N5OS. The highest BCUT2D eigenvalue weighted by Gasteiger charge is 2.23. The van der Waals surface area contributed by atoms with Gasteiger partial charge in [-0.05, 0) is 52.2 Å². The van der Waals surface area contributed by atoms with Gasteiger partial charge in [0, 0.05) is 18.0 Å². The van der Waals surface area contributed by atoms with Crippen molar-refractivity contribution in [2.75, 3.05) is 6.54 Å². The monoisotopic (exact) mass is 427 g/mol. The molecule has 4 aromatic rings. The number of para-hydroxylation sites is 1. The highest BCUT2D eigenvalue weighted by molar-refractivity contribution is 7.98. The van der Waals surface area contributed by atoms with Gasteiger partial charge in [-0.25, -0.2) is 0 Å². The molecule has 6 nitrogen and oxygen atoms in total. The average molecular weight is 428 g/mol. The molecule has 0 unspecified atom stereocenters. The fourth-order valence-electron chi connectivity index (χ4n) is 3.82. The van der Waals surface area contributed by atoms with Crippen LogP contribution in [0.3, 0.4) is 0 Å². The molecule has 1 amide bonds. The topological polar surface area (TPSA) is 63.9 Å². The Kier molecular flexibility index (Phi) is 5.50. The predicted molar refractivity (Wildman–Crippen MR) is 120 cm³/mol. The molecule has 0 spiro atoms. The molecule has 31 heavy (non-hydrogen) atoms. The van der Waals surface area contributed by atoms with Crippen molar-refractivity contribution in [3.63, 3.8) is 0 Å². The smallest absolute Gasteiger partial charge is 0.255 e. The number of carbonyl (C=O) groups excluding carboxylic acids is 1. The number of fused-ring (bicyclic) bond motifs is 1. The predicted octanol–water partition coefficient (Wildman–Crippen LogP) is 4.15. The van der Waals surface area contributed by atoms with E-state index < -0.39 is 0 Å². The lowest BCUT2D eigenvalue weighted by Gasteiger charge is -2.29. The lowest BCUT2D eigenvalue weighted by molar-refractivity contribution is 0.0731. The second-order valence-corrected chi connectivity index (χ2v) is 8.39. The number of amides is 1. The second kappa shape index (κ2) is 8.73. The SMILES string of the molecule is O=C(c1ccccc1SCc1nnnn1-c1ccccc1)N1CCc2ccccc2C1. The first-order valence-corrected chi connectivity index (χ1v) is 11.2. The van der Waals surface area contributed by atoms with Gasteiger partial charge < -0.3 is 4.90 Å². The molecule has 0 atom stereocenters. The van der Waals surface area contributed by atoms with Gasteiger partial charge in [-0.1, -0.05) is 54.6 Å². The molecule has 0 saturated carbocycles. The zero-order valence-electron chi connectivity index (χ0n) is 16.9. The fourth-order valence-corrected chi connectivity index (χ4v) is 4.77. The summed E-state index contributed by atoms with van der Waals surface area (Å²) in [6, 6.07) is 26.0. The number of thioether (sulfide) groups is 1. The first kappa shape index (κ1) is 19.5. The molecular weight excluding hydrogens is 406 g/mol. The van der Waals surface area contributed by atoms with Crippen LogP contribution in [-0.2, 0) is 18.7 Å². The molecule has 5 rings (SSSR count). The number of benzene rings is 3. The zero-order chi connectivity index (χ0) is 21.0. The number of carbonyl (C=O) groups is 1. The highest BCUT2D eigenvalue weighted by Crippen LogP contribution is 2.28. The van der Waals surface area contributed by atoms with Crippen LogP contribution in [0.5, 0.6) is 0 Å². The van der Waals surface area contributed by atoms with Gasteiger partial charge >= 0.3 is 0 Å². The Balaban J connectivity index is 1.34. The zero-order valence-corrected chi connectivity index (χ0v) is 17.7. The quantitative estimate of drug-likeness (QED) is 0.448. The maximum absolute atomic E-state index is 13.3. The van der Waals surface area contributed by atoms with Crippen molar-refractivity contribution in [2.45, 2.75) is 23.6 Å². The van der Waals surface area contributed by atoms with E-state index in [9.17, 15) is 4.79 Å². The van der Waals surface area contributed by atoms with Crippen LogP contribution in [0.25, 0.3) is 5.69 Å². The molecule has 154 valence electrons. The van der Waals surface area contributed by atoms with Gasteiger partial charge in [0.2, 0.25) is 0 Å². The maximum Gasteiger partial charge on any atom is 0.255 e. The van der Waals surface area contributed by atoms with Crippen LogP contribution in [0.1, 0.15) is 27.3 Å². The van der Waals surface area contributed by atoms with Gasteiger partial charge in [-0.2, -0.15) is 4.68 Å². The molecule has 0 saturated heterocycles. The minimum Gasteiger partial charge on any atom is -0.334 e. The summed E-state index contributed by atoms with van der Waals surface area (Å²) in [5, 5.41) is 12.1. The van der Waals surface area contributed by atoms with Crippen LogP contribution in [0.2, 0.25) is 0 Å². The molecule has 3 aromatic carbocycles. The molecule has 1 aliphatic rings. The van der Waals surface area contributed by atoms with Crippen LogP contribution in [0, 0.1) is 0 Å². The van der Waals surface area contributed by atoms with E-state index in [0.29, 0.717) is 12.3 Å². The van der Waals surface area contributed by atoms with E-state index in [-0.39, 0.29) is 5.91 Å². The Hall–Kier alpha value is -3.45. The third-order valence-corrected chi connectivity index (χ3v) is 6.50. The summed E-state index contributed by atoms with van der Waals surface area (Å²) >= 11 is 1.58. The third kappa shape index (κ3) is 4.09. The number of hydrogen-bond donors (Lipinski definition) is 0. The number of rotatable bonds is 5. The average Bonchev–Trinajstić information content (AvgIpc) is 3.31. The standard InChI is InChI=1S/C24H21N5OS/c30-24(28-15-14-18-8-4-5-9-19(18)16-28)21-12-6-7-13-22(21)31-17-23-25-26-27-29(23)20-10-2-1-3-11-20/h1-13H,14-17H2. The van der Waals surface area contributed by atoms with Gasteiger partial charge in [0.1, 0.15) is 0 Å². The van der Waals surface area contributed by atoms with Crippen molar-refractivity contribution in [1.29, 1.82) is 0 Å². The van der Waals surface area contributed by atoms with Crippen molar-refractivity contribution in [3.05, 3.63) is 101 Å². The molecule has 0 aliphatic carbocycles. The van der Waals surface area contributed by atoms with Gasteiger partial charge in [0.15, 0.2) is 5.82 Å². The van der Waals surface area contributed by atoms with Gasteiger partial charge in [-0.3, -0.25) is 4.79 Å². The first-order chi connectivity index (χ1) is 15.3. The molecule has 0 bridgehead atoms. The number of aromatic nitrogens is 4. The Morgan fingerprint density at radius 1 is 0.903 bits per heavy atom. The van der Waals surface area contributed by atoms with E-state index in [1.807, 2.05) is 65.6 Å². The van der Waals surface area contributed by atoms with E-state index in [0.717, 1.165) is 34.9 Å². The van der Waals surface area contributed by atoms with Gasteiger partial charge in [0.05, 0.1) is 17.0 Å². The summed E-state index contributed by atoms with van der Waals surface area (Å²) in [6.07, 6.45) is 0.892. The Morgan fingerprint density at radius 3 is 2.52 bits per heavy atom. The highest BCUT2D eigenvalue weighted by atomic mass is 32.2. The number of hydrogen-bond acceptors (Lipinski definition) is 5. The summed E-state index contributed by atoms with van der Waals surface area (Å²) in [6.45, 7) is 1.39. The minimum absolute atomic E-state index is 0.0697. The van der Waals surface area contributed by atoms with E-state index in [4.69, 9.17) is 0 Å². The molecule has 7 heteroatoms. The summed E-state index contributed by atoms with van der Waals surface area (Å²) in [5.41, 5.74) is 4.21. The van der Waals surface area contributed by atoms with Crippen LogP contribution in [0.4, 0.5) is 0 Å². The molecule has 1 aromatic heterocycles. The van der Waals surface area contributed by atoms with Crippen molar-refractivity contribution < 1.29 is 4.79 Å². The molecule has 0 fully saturated rings. The molecule has 0 radical (unpaired) electrons. The maximum atomic E-state index is 13.3. The van der Waals surface area contributed by atoms with E-state index in [1.165, 1.54) is 11.1 Å². The van der Waals surface area contributed by atoms with Crippen LogP contribution >= 0.6 is 11.8 Å². The third-order valence-electron chi connectivity index (χ3n) is 5.43. The van der Waals surface area contributed by atoms with Crippen molar-refractivity contribution in [1.82, 2.24) is 25.1 Å². The Labute approximate surface area is 184 Å². The van der Waals surface area contributed by atoms with Crippen molar-refractivity contribution in [3.8, 4) is 5.69 Å². The lowest BCUT2D eigenvalue weighted by Crippen LogP contribution is -2.36. The minimum atomic E-state index is 0.0697. The summed E-state index contributed by atoms with van der Waals surface area (Å²) in [5.74, 6) is 1.38. The van der Waals surface area contributed by atoms with Crippen molar-refractivity contribution >= 4 is 17.7 Å². The van der Waals surface area contributed by atoms with Gasteiger partial charge in [-0.15, -0.1) is 16.9 Å². The molecule has 2 heterocycles. The van der Waals surface area contributed by atoms with E-state index >= 15 is 0 Å². The lowest BCUT2D eigenvalue weighted by atomic mass is 9.99. The largest absolute Gasteiger partial charge is 0.334 e. The van der Waals surface area contributed by atoms with E-state index in [2.05, 4.69) is 33.7 Å². The summed E-state index contributed by atoms with van der Waals surface area (Å²) in [7, 11) is 0. The fraction of sp³-hybridized carbons (Fsp3) is 0.167. The van der Waals surface area contributed by atoms with Crippen molar-refractivity contribution in [2.24, 2.45) is 0 Å². The second-order valence-electron chi connectivity index (χ2n) is 7.37. The normalized spacial score (nSPS) is 13.1. The Morgan fingerprint density at radius 2 is 1.65 bits per heavy atom. The van der Waals surface area contributed by atoms with Crippen LogP contribution in [0.15, 0.2) is 83.8 Å². The Bertz CT molecular complexity index is 1210. The number of tetrazole rings is 1. The van der Waals surface area contributed by atoms with Gasteiger partial charge in [0.25, 0.3) is 5.91 Å². The molecule has 1 aliphatic heterocycles.